The Labute approximate surface area is 86.5 Å². The van der Waals surface area contributed by atoms with Crippen LogP contribution in [-0.2, 0) is 18.9 Å². The van der Waals surface area contributed by atoms with Crippen molar-refractivity contribution in [2.45, 2.75) is 19.4 Å². The van der Waals surface area contributed by atoms with Crippen molar-refractivity contribution in [1.82, 2.24) is 0 Å². The third-order valence-corrected chi connectivity index (χ3v) is 1.83. The molecule has 0 unspecified atom stereocenters. The zero-order valence-electron chi connectivity index (χ0n) is 9.67. The second-order valence-electron chi connectivity index (χ2n) is 3.12. The van der Waals surface area contributed by atoms with Crippen molar-refractivity contribution in [1.29, 1.82) is 0 Å². The normalized spacial score (nSPS) is 12.0. The molecule has 4 heteroatoms. The molecule has 0 heterocycles. The average molecular weight is 206 g/mol. The van der Waals surface area contributed by atoms with Gasteiger partial charge in [-0.15, -0.1) is 0 Å². The van der Waals surface area contributed by atoms with Crippen LogP contribution in [0.1, 0.15) is 13.8 Å². The highest BCUT2D eigenvalue weighted by molar-refractivity contribution is 4.80. The third kappa shape index (κ3) is 4.91. The lowest BCUT2D eigenvalue weighted by atomic mass is 10.1. The predicted molar refractivity (Wildman–Crippen MR) is 54.6 cm³/mol. The molecular weight excluding hydrogens is 184 g/mol. The summed E-state index contributed by atoms with van der Waals surface area (Å²) in [7, 11) is 3.30. The minimum absolute atomic E-state index is 0.464. The minimum Gasteiger partial charge on any atom is -0.382 e. The summed E-state index contributed by atoms with van der Waals surface area (Å²) in [5.74, 6) is 0. The van der Waals surface area contributed by atoms with E-state index in [1.54, 1.807) is 14.2 Å². The van der Waals surface area contributed by atoms with Crippen LogP contribution in [0.15, 0.2) is 0 Å². The Bertz CT molecular complexity index is 110. The first-order chi connectivity index (χ1) is 6.74. The summed E-state index contributed by atoms with van der Waals surface area (Å²) >= 11 is 0. The molecule has 0 amide bonds. The van der Waals surface area contributed by atoms with E-state index in [-0.39, 0.29) is 0 Å². The van der Waals surface area contributed by atoms with E-state index in [4.69, 9.17) is 18.9 Å². The highest BCUT2D eigenvalue weighted by Crippen LogP contribution is 2.13. The van der Waals surface area contributed by atoms with E-state index in [2.05, 4.69) is 0 Å². The molecule has 0 aliphatic carbocycles. The molecular formula is C10H22O4. The van der Waals surface area contributed by atoms with Crippen LogP contribution in [0.5, 0.6) is 0 Å². The quantitative estimate of drug-likeness (QED) is 0.566. The predicted octanol–water partition coefficient (Wildman–Crippen LogP) is 1.09. The number of hydrogen-bond acceptors (Lipinski definition) is 4. The maximum atomic E-state index is 5.64. The topological polar surface area (TPSA) is 36.9 Å². The minimum atomic E-state index is -0.464. The fraction of sp³-hybridized carbons (Fsp3) is 1.00. The zero-order chi connectivity index (χ0) is 10.9. The van der Waals surface area contributed by atoms with Crippen molar-refractivity contribution in [3.63, 3.8) is 0 Å². The van der Waals surface area contributed by atoms with Crippen LogP contribution in [0.2, 0.25) is 0 Å². The van der Waals surface area contributed by atoms with Gasteiger partial charge in [0.25, 0.3) is 0 Å². The molecule has 14 heavy (non-hydrogen) atoms. The maximum Gasteiger partial charge on any atom is 0.138 e. The fourth-order valence-corrected chi connectivity index (χ4v) is 1.37. The van der Waals surface area contributed by atoms with Crippen LogP contribution in [0.3, 0.4) is 0 Å². The summed E-state index contributed by atoms with van der Waals surface area (Å²) in [4.78, 5) is 0. The van der Waals surface area contributed by atoms with Crippen molar-refractivity contribution >= 4 is 0 Å². The van der Waals surface area contributed by atoms with E-state index >= 15 is 0 Å². The Morgan fingerprint density at radius 3 is 1.79 bits per heavy atom. The van der Waals surface area contributed by atoms with Crippen LogP contribution < -0.4 is 0 Å². The van der Waals surface area contributed by atoms with Gasteiger partial charge in [-0.2, -0.15) is 0 Å². The van der Waals surface area contributed by atoms with Gasteiger partial charge < -0.3 is 18.9 Å². The molecule has 0 N–H and O–H groups in total. The molecule has 0 rings (SSSR count). The van der Waals surface area contributed by atoms with E-state index in [0.29, 0.717) is 33.0 Å². The molecule has 4 nitrogen and oxygen atoms in total. The summed E-state index contributed by atoms with van der Waals surface area (Å²) in [5.41, 5.74) is -0.464. The van der Waals surface area contributed by atoms with Crippen molar-refractivity contribution in [3.8, 4) is 0 Å². The molecule has 0 aliphatic rings. The SMILES string of the molecule is CCOCC(COC)(COC)OCC. The Kier molecular flexibility index (Phi) is 8.08. The molecule has 0 spiro atoms. The summed E-state index contributed by atoms with van der Waals surface area (Å²) in [6.07, 6.45) is 0. The highest BCUT2D eigenvalue weighted by Gasteiger charge is 2.31. The summed E-state index contributed by atoms with van der Waals surface area (Å²) in [6, 6.07) is 0. The number of methoxy groups -OCH3 is 2. The molecule has 0 bridgehead atoms. The van der Waals surface area contributed by atoms with Crippen molar-refractivity contribution in [3.05, 3.63) is 0 Å². The monoisotopic (exact) mass is 206 g/mol. The van der Waals surface area contributed by atoms with Crippen LogP contribution in [0, 0.1) is 0 Å². The van der Waals surface area contributed by atoms with Gasteiger partial charge >= 0.3 is 0 Å². The third-order valence-electron chi connectivity index (χ3n) is 1.83. The second-order valence-corrected chi connectivity index (χ2v) is 3.12. The Balaban J connectivity index is 4.21. The van der Waals surface area contributed by atoms with Crippen molar-refractivity contribution in [2.75, 3.05) is 47.3 Å². The number of ether oxygens (including phenoxy) is 4. The lowest BCUT2D eigenvalue weighted by Crippen LogP contribution is -2.46. The highest BCUT2D eigenvalue weighted by atomic mass is 16.6. The zero-order valence-corrected chi connectivity index (χ0v) is 9.67. The second kappa shape index (κ2) is 8.17. The van der Waals surface area contributed by atoms with Crippen LogP contribution in [0.25, 0.3) is 0 Å². The maximum absolute atomic E-state index is 5.64. The van der Waals surface area contributed by atoms with Crippen molar-refractivity contribution in [2.24, 2.45) is 0 Å². The Hall–Kier alpha value is -0.160. The lowest BCUT2D eigenvalue weighted by Gasteiger charge is -2.31. The largest absolute Gasteiger partial charge is 0.382 e. The summed E-state index contributed by atoms with van der Waals surface area (Å²) in [5, 5.41) is 0. The first kappa shape index (κ1) is 13.8. The van der Waals surface area contributed by atoms with Gasteiger partial charge in [-0.3, -0.25) is 0 Å². The smallest absolute Gasteiger partial charge is 0.138 e. The molecule has 0 aromatic rings. The fourth-order valence-electron chi connectivity index (χ4n) is 1.37. The molecule has 0 aliphatic heterocycles. The Morgan fingerprint density at radius 2 is 1.43 bits per heavy atom. The molecule has 0 atom stereocenters. The molecule has 0 fully saturated rings. The van der Waals surface area contributed by atoms with Crippen LogP contribution in [0.4, 0.5) is 0 Å². The summed E-state index contributed by atoms with van der Waals surface area (Å²) < 4.78 is 21.3. The standard InChI is InChI=1S/C10H22O4/c1-5-13-9-10(7-11-3,8-12-4)14-6-2/h5-9H2,1-4H3. The molecule has 0 aromatic heterocycles. The van der Waals surface area contributed by atoms with E-state index in [1.807, 2.05) is 13.8 Å². The summed E-state index contributed by atoms with van der Waals surface area (Å²) in [6.45, 7) is 6.66. The van der Waals surface area contributed by atoms with Gasteiger partial charge in [-0.05, 0) is 13.8 Å². The van der Waals surface area contributed by atoms with E-state index in [1.165, 1.54) is 0 Å². The average Bonchev–Trinajstić information content (AvgIpc) is 2.16. The first-order valence-electron chi connectivity index (χ1n) is 4.94. The van der Waals surface area contributed by atoms with Crippen LogP contribution in [-0.4, -0.2) is 52.9 Å². The van der Waals surface area contributed by atoms with Gasteiger partial charge in [0.05, 0.1) is 19.8 Å². The number of rotatable bonds is 9. The van der Waals surface area contributed by atoms with Gasteiger partial charge in [0.1, 0.15) is 5.60 Å². The lowest BCUT2D eigenvalue weighted by molar-refractivity contribution is -0.153. The molecule has 0 saturated heterocycles. The molecule has 0 radical (unpaired) electrons. The van der Waals surface area contributed by atoms with E-state index < -0.39 is 5.60 Å². The Morgan fingerprint density at radius 1 is 0.857 bits per heavy atom. The number of hydrogen-bond donors (Lipinski definition) is 0. The van der Waals surface area contributed by atoms with Crippen LogP contribution >= 0.6 is 0 Å². The van der Waals surface area contributed by atoms with E-state index in [9.17, 15) is 0 Å². The van der Waals surface area contributed by atoms with Crippen molar-refractivity contribution < 1.29 is 18.9 Å². The van der Waals surface area contributed by atoms with Gasteiger partial charge in [-0.1, -0.05) is 0 Å². The molecule has 86 valence electrons. The van der Waals surface area contributed by atoms with E-state index in [0.717, 1.165) is 0 Å². The van der Waals surface area contributed by atoms with Gasteiger partial charge in [0.15, 0.2) is 0 Å². The van der Waals surface area contributed by atoms with Gasteiger partial charge in [0, 0.05) is 27.4 Å². The first-order valence-corrected chi connectivity index (χ1v) is 4.94. The van der Waals surface area contributed by atoms with Gasteiger partial charge in [-0.25, -0.2) is 0 Å². The van der Waals surface area contributed by atoms with Gasteiger partial charge in [0.2, 0.25) is 0 Å². The molecule has 0 aromatic carbocycles. The molecule has 0 saturated carbocycles.